The second kappa shape index (κ2) is 6.15. The molecule has 1 heterocycles. The third kappa shape index (κ3) is 3.63. The van der Waals surface area contributed by atoms with E-state index < -0.39 is 11.2 Å². The Morgan fingerprint density at radius 1 is 1.24 bits per heavy atom. The number of rotatable bonds is 4. The summed E-state index contributed by atoms with van der Waals surface area (Å²) in [6, 6.07) is 5.68. The van der Waals surface area contributed by atoms with E-state index in [1.165, 1.54) is 6.20 Å². The fraction of sp³-hybridized carbons (Fsp3) is 0.400. The quantitative estimate of drug-likeness (QED) is 0.900. The molecule has 0 fully saturated rings. The third-order valence-electron chi connectivity index (χ3n) is 3.32. The maximum atomic E-state index is 12.7. The molecular formula is C15H17F3N2S. The van der Waals surface area contributed by atoms with Crippen LogP contribution in [0.1, 0.15) is 39.5 Å². The number of thiazole rings is 1. The number of nitrogens with zero attached hydrogens (tertiary/aromatic N) is 1. The second-order valence-corrected chi connectivity index (χ2v) is 5.96. The molecule has 1 atom stereocenters. The average molecular weight is 314 g/mol. The van der Waals surface area contributed by atoms with Gasteiger partial charge in [0.05, 0.1) is 6.04 Å². The number of aryl methyl sites for hydroxylation is 2. The Kier molecular flexibility index (Phi) is 4.68. The molecule has 0 aliphatic carbocycles. The zero-order chi connectivity index (χ0) is 15.6. The monoisotopic (exact) mass is 314 g/mol. The third-order valence-corrected chi connectivity index (χ3v) is 4.43. The van der Waals surface area contributed by atoms with Crippen LogP contribution in [-0.2, 0) is 6.18 Å². The molecule has 6 heteroatoms. The Labute approximate surface area is 126 Å². The minimum absolute atomic E-state index is 0.261. The normalized spacial score (nSPS) is 13.4. The van der Waals surface area contributed by atoms with Crippen LogP contribution in [0.15, 0.2) is 24.4 Å². The van der Waals surface area contributed by atoms with Crippen LogP contribution in [0.4, 0.5) is 13.2 Å². The molecule has 2 aromatic rings. The minimum Gasteiger partial charge on any atom is -0.306 e. The standard InChI is InChI=1S/C15H17F3N2S/c1-4-19-13(11-6-5-9(2)10(3)7-11)12-8-20-14(21-12)15(16,17)18/h5-8,13,19H,4H2,1-3H3. The molecular weight excluding hydrogens is 297 g/mol. The van der Waals surface area contributed by atoms with Gasteiger partial charge in [-0.3, -0.25) is 0 Å². The van der Waals surface area contributed by atoms with Crippen LogP contribution in [0.3, 0.4) is 0 Å². The first-order valence-corrected chi connectivity index (χ1v) is 7.48. The van der Waals surface area contributed by atoms with Crippen LogP contribution < -0.4 is 5.32 Å². The van der Waals surface area contributed by atoms with E-state index in [0.717, 1.165) is 16.7 Å². The van der Waals surface area contributed by atoms with Crippen molar-refractivity contribution in [2.45, 2.75) is 33.0 Å². The highest BCUT2D eigenvalue weighted by Gasteiger charge is 2.35. The van der Waals surface area contributed by atoms with Crippen molar-refractivity contribution in [2.75, 3.05) is 6.54 Å². The predicted octanol–water partition coefficient (Wildman–Crippen LogP) is 4.48. The lowest BCUT2D eigenvalue weighted by Crippen LogP contribution is -2.21. The van der Waals surface area contributed by atoms with Crippen molar-refractivity contribution in [1.29, 1.82) is 0 Å². The maximum Gasteiger partial charge on any atom is 0.443 e. The number of aromatic nitrogens is 1. The van der Waals surface area contributed by atoms with Crippen molar-refractivity contribution in [3.05, 3.63) is 51.0 Å². The van der Waals surface area contributed by atoms with E-state index in [-0.39, 0.29) is 6.04 Å². The van der Waals surface area contributed by atoms with Crippen LogP contribution in [-0.4, -0.2) is 11.5 Å². The zero-order valence-corrected chi connectivity index (χ0v) is 12.9. The maximum absolute atomic E-state index is 12.7. The second-order valence-electron chi connectivity index (χ2n) is 4.90. The Balaban J connectivity index is 2.38. The van der Waals surface area contributed by atoms with Crippen molar-refractivity contribution in [1.82, 2.24) is 10.3 Å². The molecule has 0 amide bonds. The first-order chi connectivity index (χ1) is 9.82. The van der Waals surface area contributed by atoms with Gasteiger partial charge in [-0.25, -0.2) is 4.98 Å². The molecule has 0 aliphatic rings. The van der Waals surface area contributed by atoms with Crippen molar-refractivity contribution >= 4 is 11.3 Å². The van der Waals surface area contributed by atoms with E-state index in [0.29, 0.717) is 22.8 Å². The first kappa shape index (κ1) is 16.0. The van der Waals surface area contributed by atoms with E-state index in [2.05, 4.69) is 10.3 Å². The van der Waals surface area contributed by atoms with Crippen molar-refractivity contribution in [2.24, 2.45) is 0 Å². The summed E-state index contributed by atoms with van der Waals surface area (Å²) in [6.07, 6.45) is -3.07. The van der Waals surface area contributed by atoms with Gasteiger partial charge in [-0.2, -0.15) is 13.2 Å². The lowest BCUT2D eigenvalue weighted by Gasteiger charge is -2.17. The largest absolute Gasteiger partial charge is 0.443 e. The van der Waals surface area contributed by atoms with E-state index in [4.69, 9.17) is 0 Å². The molecule has 1 aromatic carbocycles. The van der Waals surface area contributed by atoms with E-state index in [1.807, 2.05) is 39.0 Å². The molecule has 2 rings (SSSR count). The number of hydrogen-bond donors (Lipinski definition) is 1. The number of halogens is 3. The van der Waals surface area contributed by atoms with Gasteiger partial charge in [0, 0.05) is 11.1 Å². The Morgan fingerprint density at radius 3 is 2.48 bits per heavy atom. The summed E-state index contributed by atoms with van der Waals surface area (Å²) in [7, 11) is 0. The summed E-state index contributed by atoms with van der Waals surface area (Å²) < 4.78 is 38.1. The molecule has 0 aliphatic heterocycles. The molecule has 1 aromatic heterocycles. The highest BCUT2D eigenvalue weighted by Crippen LogP contribution is 2.36. The Morgan fingerprint density at radius 2 is 1.95 bits per heavy atom. The topological polar surface area (TPSA) is 24.9 Å². The van der Waals surface area contributed by atoms with Crippen molar-refractivity contribution < 1.29 is 13.2 Å². The van der Waals surface area contributed by atoms with Gasteiger partial charge in [-0.15, -0.1) is 11.3 Å². The van der Waals surface area contributed by atoms with Crippen LogP contribution in [0.25, 0.3) is 0 Å². The van der Waals surface area contributed by atoms with Gasteiger partial charge in [0.15, 0.2) is 5.01 Å². The summed E-state index contributed by atoms with van der Waals surface area (Å²) in [6.45, 7) is 6.60. The first-order valence-electron chi connectivity index (χ1n) is 6.66. The van der Waals surface area contributed by atoms with Gasteiger partial charge in [0.1, 0.15) is 0 Å². The molecule has 0 spiro atoms. The fourth-order valence-electron chi connectivity index (χ4n) is 2.08. The molecule has 2 nitrogen and oxygen atoms in total. The molecule has 1 unspecified atom stereocenters. The lowest BCUT2D eigenvalue weighted by molar-refractivity contribution is -0.137. The van der Waals surface area contributed by atoms with E-state index in [1.54, 1.807) is 0 Å². The summed E-state index contributed by atoms with van der Waals surface area (Å²) in [5.74, 6) is 0. The Hall–Kier alpha value is -1.40. The number of alkyl halides is 3. The van der Waals surface area contributed by atoms with E-state index in [9.17, 15) is 13.2 Å². The minimum atomic E-state index is -4.39. The number of hydrogen-bond acceptors (Lipinski definition) is 3. The van der Waals surface area contributed by atoms with Crippen LogP contribution in [0.2, 0.25) is 0 Å². The van der Waals surface area contributed by atoms with Gasteiger partial charge in [0.2, 0.25) is 0 Å². The molecule has 114 valence electrons. The molecule has 0 bridgehead atoms. The van der Waals surface area contributed by atoms with Gasteiger partial charge < -0.3 is 5.32 Å². The summed E-state index contributed by atoms with van der Waals surface area (Å²) in [5.41, 5.74) is 3.24. The van der Waals surface area contributed by atoms with Crippen LogP contribution >= 0.6 is 11.3 Å². The summed E-state index contributed by atoms with van der Waals surface area (Å²) in [5, 5.41) is 2.43. The molecule has 21 heavy (non-hydrogen) atoms. The summed E-state index contributed by atoms with van der Waals surface area (Å²) in [4.78, 5) is 4.09. The molecule has 0 saturated heterocycles. The molecule has 0 radical (unpaired) electrons. The van der Waals surface area contributed by atoms with Gasteiger partial charge in [-0.05, 0) is 37.1 Å². The number of benzene rings is 1. The van der Waals surface area contributed by atoms with E-state index >= 15 is 0 Å². The Bertz CT molecular complexity index is 620. The zero-order valence-electron chi connectivity index (χ0n) is 12.1. The van der Waals surface area contributed by atoms with Gasteiger partial charge >= 0.3 is 6.18 Å². The molecule has 1 N–H and O–H groups in total. The van der Waals surface area contributed by atoms with Gasteiger partial charge in [-0.1, -0.05) is 25.1 Å². The SMILES string of the molecule is CCNC(c1ccc(C)c(C)c1)c1cnc(C(F)(F)F)s1. The number of nitrogens with one attached hydrogen (secondary N) is 1. The lowest BCUT2D eigenvalue weighted by atomic mass is 10.0. The van der Waals surface area contributed by atoms with Crippen molar-refractivity contribution in [3.63, 3.8) is 0 Å². The molecule has 0 saturated carbocycles. The smallest absolute Gasteiger partial charge is 0.306 e. The highest BCUT2D eigenvalue weighted by molar-refractivity contribution is 7.11. The van der Waals surface area contributed by atoms with Crippen LogP contribution in [0, 0.1) is 13.8 Å². The van der Waals surface area contributed by atoms with Crippen LogP contribution in [0.5, 0.6) is 0 Å². The predicted molar refractivity (Wildman–Crippen MR) is 78.6 cm³/mol. The highest BCUT2D eigenvalue weighted by atomic mass is 32.1. The fourth-order valence-corrected chi connectivity index (χ4v) is 2.97. The average Bonchev–Trinajstić information content (AvgIpc) is 2.89. The summed E-state index contributed by atoms with van der Waals surface area (Å²) >= 11 is 0.694. The van der Waals surface area contributed by atoms with Crippen molar-refractivity contribution in [3.8, 4) is 0 Å². The van der Waals surface area contributed by atoms with Gasteiger partial charge in [0.25, 0.3) is 0 Å².